The lowest BCUT2D eigenvalue weighted by atomic mass is 10.1. The van der Waals surface area contributed by atoms with E-state index in [0.29, 0.717) is 18.7 Å². The highest BCUT2D eigenvalue weighted by atomic mass is 19.1. The number of aliphatic hydroxyl groups excluding tert-OH is 1. The first-order chi connectivity index (χ1) is 7.65. The van der Waals surface area contributed by atoms with Crippen molar-refractivity contribution in [2.75, 3.05) is 13.1 Å². The Hall–Kier alpha value is -1.68. The first-order valence-corrected chi connectivity index (χ1v) is 5.06. The normalized spacial score (nSPS) is 16.5. The average Bonchev–Trinajstić information content (AvgIpc) is 2.22. The molecule has 4 heteroatoms. The van der Waals surface area contributed by atoms with Gasteiger partial charge < -0.3 is 10.0 Å². The van der Waals surface area contributed by atoms with E-state index >= 15 is 0 Å². The number of nitrogens with zero attached hydrogens (tertiary/aromatic N) is 1. The number of β-amino-alcohol motifs (C(OH)–C–C–N with tert-alkyl or cyclic N) is 1. The van der Waals surface area contributed by atoms with Crippen LogP contribution in [0.25, 0.3) is 6.08 Å². The third-order valence-corrected chi connectivity index (χ3v) is 2.44. The van der Waals surface area contributed by atoms with Crippen molar-refractivity contribution in [3.8, 4) is 0 Å². The predicted molar refractivity (Wildman–Crippen MR) is 58.0 cm³/mol. The zero-order chi connectivity index (χ0) is 11.5. The van der Waals surface area contributed by atoms with Crippen LogP contribution < -0.4 is 0 Å². The van der Waals surface area contributed by atoms with Crippen LogP contribution in [0, 0.1) is 5.82 Å². The number of halogens is 1. The molecule has 1 fully saturated rings. The molecule has 2 rings (SSSR count). The molecule has 1 aliphatic heterocycles. The zero-order valence-electron chi connectivity index (χ0n) is 8.64. The molecule has 3 nitrogen and oxygen atoms in total. The SMILES string of the molecule is O=C(C=Cc1cccc(F)c1)N1CC(O)C1. The van der Waals surface area contributed by atoms with Crippen LogP contribution >= 0.6 is 0 Å². The van der Waals surface area contributed by atoms with Gasteiger partial charge in [-0.25, -0.2) is 4.39 Å². The van der Waals surface area contributed by atoms with E-state index in [2.05, 4.69) is 0 Å². The lowest BCUT2D eigenvalue weighted by molar-refractivity contribution is -0.135. The van der Waals surface area contributed by atoms with E-state index in [-0.39, 0.29) is 11.7 Å². The summed E-state index contributed by atoms with van der Waals surface area (Å²) in [7, 11) is 0. The van der Waals surface area contributed by atoms with Crippen LogP contribution in [0.4, 0.5) is 4.39 Å². The molecule has 1 aromatic carbocycles. The van der Waals surface area contributed by atoms with Gasteiger partial charge in [0.15, 0.2) is 0 Å². The molecule has 1 aliphatic rings. The Morgan fingerprint density at radius 1 is 1.50 bits per heavy atom. The second kappa shape index (κ2) is 4.45. The smallest absolute Gasteiger partial charge is 0.246 e. The summed E-state index contributed by atoms with van der Waals surface area (Å²) in [6.07, 6.45) is 2.56. The Bertz CT molecular complexity index is 425. The van der Waals surface area contributed by atoms with Crippen molar-refractivity contribution < 1.29 is 14.3 Å². The van der Waals surface area contributed by atoms with Gasteiger partial charge in [0.1, 0.15) is 5.82 Å². The summed E-state index contributed by atoms with van der Waals surface area (Å²) >= 11 is 0. The molecule has 84 valence electrons. The highest BCUT2D eigenvalue weighted by molar-refractivity contribution is 5.92. The number of rotatable bonds is 2. The second-order valence-corrected chi connectivity index (χ2v) is 3.79. The van der Waals surface area contributed by atoms with Gasteiger partial charge in [0.05, 0.1) is 6.10 Å². The Morgan fingerprint density at radius 3 is 2.88 bits per heavy atom. The fourth-order valence-electron chi connectivity index (χ4n) is 1.52. The lowest BCUT2D eigenvalue weighted by Crippen LogP contribution is -2.52. The van der Waals surface area contributed by atoms with Crippen LogP contribution in [-0.4, -0.2) is 35.1 Å². The van der Waals surface area contributed by atoms with Gasteiger partial charge in [-0.15, -0.1) is 0 Å². The molecule has 1 amide bonds. The molecule has 0 spiro atoms. The summed E-state index contributed by atoms with van der Waals surface area (Å²) < 4.78 is 12.8. The van der Waals surface area contributed by atoms with Gasteiger partial charge in [0.2, 0.25) is 5.91 Å². The number of carbonyl (C=O) groups is 1. The van der Waals surface area contributed by atoms with Crippen LogP contribution in [0.1, 0.15) is 5.56 Å². The molecule has 1 saturated heterocycles. The van der Waals surface area contributed by atoms with Gasteiger partial charge >= 0.3 is 0 Å². The first-order valence-electron chi connectivity index (χ1n) is 5.06. The quantitative estimate of drug-likeness (QED) is 0.758. The average molecular weight is 221 g/mol. The van der Waals surface area contributed by atoms with Crippen molar-refractivity contribution in [1.82, 2.24) is 4.90 Å². The predicted octanol–water partition coefficient (Wildman–Crippen LogP) is 1.04. The molecule has 0 unspecified atom stereocenters. The minimum Gasteiger partial charge on any atom is -0.389 e. The third-order valence-electron chi connectivity index (χ3n) is 2.44. The van der Waals surface area contributed by atoms with Gasteiger partial charge in [-0.3, -0.25) is 4.79 Å². The molecule has 0 saturated carbocycles. The fraction of sp³-hybridized carbons (Fsp3) is 0.250. The zero-order valence-corrected chi connectivity index (χ0v) is 8.64. The van der Waals surface area contributed by atoms with E-state index in [1.54, 1.807) is 18.2 Å². The van der Waals surface area contributed by atoms with Crippen molar-refractivity contribution in [3.63, 3.8) is 0 Å². The van der Waals surface area contributed by atoms with E-state index in [0.717, 1.165) is 0 Å². The van der Waals surface area contributed by atoms with Gasteiger partial charge in [-0.1, -0.05) is 12.1 Å². The van der Waals surface area contributed by atoms with Gasteiger partial charge in [0, 0.05) is 19.2 Å². The largest absolute Gasteiger partial charge is 0.389 e. The molecular formula is C12H12FNO2. The highest BCUT2D eigenvalue weighted by Gasteiger charge is 2.26. The minimum absolute atomic E-state index is 0.158. The summed E-state index contributed by atoms with van der Waals surface area (Å²) in [5.41, 5.74) is 0.648. The standard InChI is InChI=1S/C12H12FNO2/c13-10-3-1-2-9(6-10)4-5-12(16)14-7-11(15)8-14/h1-6,11,15H,7-8H2. The molecular weight excluding hydrogens is 209 g/mol. The summed E-state index contributed by atoms with van der Waals surface area (Å²) in [5.74, 6) is -0.483. The van der Waals surface area contributed by atoms with Crippen molar-refractivity contribution >= 4 is 12.0 Å². The highest BCUT2D eigenvalue weighted by Crippen LogP contribution is 2.10. The summed E-state index contributed by atoms with van der Waals surface area (Å²) in [5, 5.41) is 9.02. The number of benzene rings is 1. The summed E-state index contributed by atoms with van der Waals surface area (Å²) in [6, 6.07) is 6.02. The fourth-order valence-corrected chi connectivity index (χ4v) is 1.52. The molecule has 16 heavy (non-hydrogen) atoms. The monoisotopic (exact) mass is 221 g/mol. The van der Waals surface area contributed by atoms with Crippen molar-refractivity contribution in [3.05, 3.63) is 41.7 Å². The van der Waals surface area contributed by atoms with Crippen molar-refractivity contribution in [2.24, 2.45) is 0 Å². The number of amides is 1. The van der Waals surface area contributed by atoms with Crippen molar-refractivity contribution in [1.29, 1.82) is 0 Å². The van der Waals surface area contributed by atoms with Crippen LogP contribution in [0.15, 0.2) is 30.3 Å². The number of hydrogen-bond acceptors (Lipinski definition) is 2. The maximum atomic E-state index is 12.8. The van der Waals surface area contributed by atoms with Crippen LogP contribution in [0.3, 0.4) is 0 Å². The van der Waals surface area contributed by atoms with Crippen LogP contribution in [0.2, 0.25) is 0 Å². The molecule has 0 atom stereocenters. The van der Waals surface area contributed by atoms with Crippen molar-refractivity contribution in [2.45, 2.75) is 6.10 Å². The number of hydrogen-bond donors (Lipinski definition) is 1. The lowest BCUT2D eigenvalue weighted by Gasteiger charge is -2.34. The molecule has 1 heterocycles. The number of likely N-dealkylation sites (tertiary alicyclic amines) is 1. The number of carbonyl (C=O) groups excluding carboxylic acids is 1. The van der Waals surface area contributed by atoms with Gasteiger partial charge in [-0.2, -0.15) is 0 Å². The molecule has 0 aliphatic carbocycles. The number of aliphatic hydroxyl groups is 1. The Balaban J connectivity index is 1.96. The Labute approximate surface area is 92.8 Å². The Kier molecular flexibility index (Phi) is 3.01. The maximum Gasteiger partial charge on any atom is 0.246 e. The first kappa shape index (κ1) is 10.8. The molecule has 0 aromatic heterocycles. The molecule has 1 N–H and O–H groups in total. The summed E-state index contributed by atoms with van der Waals surface area (Å²) in [6.45, 7) is 0.763. The third kappa shape index (κ3) is 2.46. The van der Waals surface area contributed by atoms with Gasteiger partial charge in [0.25, 0.3) is 0 Å². The molecule has 0 radical (unpaired) electrons. The Morgan fingerprint density at radius 2 is 2.25 bits per heavy atom. The topological polar surface area (TPSA) is 40.5 Å². The molecule has 0 bridgehead atoms. The minimum atomic E-state index is -0.397. The van der Waals surface area contributed by atoms with E-state index in [1.807, 2.05) is 0 Å². The molecule has 1 aromatic rings. The van der Waals surface area contributed by atoms with E-state index in [9.17, 15) is 9.18 Å². The second-order valence-electron chi connectivity index (χ2n) is 3.79. The van der Waals surface area contributed by atoms with Crippen LogP contribution in [0.5, 0.6) is 0 Å². The van der Waals surface area contributed by atoms with Crippen LogP contribution in [-0.2, 0) is 4.79 Å². The van der Waals surface area contributed by atoms with E-state index in [1.165, 1.54) is 23.1 Å². The van der Waals surface area contributed by atoms with E-state index in [4.69, 9.17) is 5.11 Å². The van der Waals surface area contributed by atoms with E-state index < -0.39 is 6.10 Å². The summed E-state index contributed by atoms with van der Waals surface area (Å²) in [4.78, 5) is 13.0. The maximum absolute atomic E-state index is 12.8. The van der Waals surface area contributed by atoms with Gasteiger partial charge in [-0.05, 0) is 23.8 Å².